The van der Waals surface area contributed by atoms with Gasteiger partial charge in [0, 0.05) is 23.7 Å². The zero-order chi connectivity index (χ0) is 18.4. The molecule has 0 bridgehead atoms. The molecule has 1 fully saturated rings. The minimum atomic E-state index is -3.14. The van der Waals surface area contributed by atoms with Crippen molar-refractivity contribution >= 4 is 56.8 Å². The number of benzene rings is 1. The lowest BCUT2D eigenvalue weighted by atomic mass is 10.1. The maximum Gasteiger partial charge on any atom is 0.198 e. The summed E-state index contributed by atoms with van der Waals surface area (Å²) in [4.78, 5) is 8.03. The number of para-hydroxylation sites is 1. The maximum atomic E-state index is 12.0. The van der Waals surface area contributed by atoms with Crippen LogP contribution in [0.2, 0.25) is 0 Å². The number of sulfone groups is 1. The molecule has 0 atom stereocenters. The number of hydrogen-bond acceptors (Lipinski definition) is 4. The van der Waals surface area contributed by atoms with E-state index in [2.05, 4.69) is 10.2 Å². The third kappa shape index (κ3) is 6.18. The molecule has 2 heterocycles. The highest BCUT2D eigenvalue weighted by atomic mass is 127. The minimum absolute atomic E-state index is 0. The lowest BCUT2D eigenvalue weighted by molar-refractivity contribution is 0.340. The van der Waals surface area contributed by atoms with Gasteiger partial charge in [0.2, 0.25) is 0 Å². The normalized spacial score (nSPS) is 15.3. The second kappa shape index (κ2) is 10.4. The van der Waals surface area contributed by atoms with Crippen LogP contribution in [-0.2, 0) is 16.4 Å². The average molecular weight is 519 g/mol. The Bertz CT molecular complexity index is 845. The van der Waals surface area contributed by atoms with Crippen LogP contribution >= 0.6 is 35.3 Å². The van der Waals surface area contributed by atoms with E-state index in [4.69, 9.17) is 4.99 Å². The van der Waals surface area contributed by atoms with Gasteiger partial charge in [0.05, 0.1) is 12.3 Å². The molecule has 0 aliphatic carbocycles. The Balaban J connectivity index is 0.00000261. The first kappa shape index (κ1) is 22.2. The number of likely N-dealkylation sites (tertiary alicyclic amines) is 1. The highest BCUT2D eigenvalue weighted by Gasteiger charge is 2.17. The Hall–Kier alpha value is -1.13. The fraction of sp³-hybridized carbons (Fsp3) is 0.421. The topological polar surface area (TPSA) is 61.8 Å². The molecular formula is C19H26IN3O2S2. The van der Waals surface area contributed by atoms with E-state index in [0.29, 0.717) is 10.8 Å². The number of rotatable bonds is 5. The Labute approximate surface area is 182 Å². The summed E-state index contributed by atoms with van der Waals surface area (Å²) in [5.74, 6) is 0.995. The van der Waals surface area contributed by atoms with Gasteiger partial charge in [-0.25, -0.2) is 13.4 Å². The summed E-state index contributed by atoms with van der Waals surface area (Å²) >= 11 is 1.32. The molecule has 0 radical (unpaired) electrons. The van der Waals surface area contributed by atoms with Gasteiger partial charge in [-0.2, -0.15) is 0 Å². The van der Waals surface area contributed by atoms with E-state index in [1.807, 2.05) is 36.4 Å². The van der Waals surface area contributed by atoms with Gasteiger partial charge in [0.25, 0.3) is 0 Å². The van der Waals surface area contributed by atoms with Crippen LogP contribution < -0.4 is 5.32 Å². The van der Waals surface area contributed by atoms with E-state index < -0.39 is 9.84 Å². The predicted molar refractivity (Wildman–Crippen MR) is 124 cm³/mol. The highest BCUT2D eigenvalue weighted by molar-refractivity contribution is 14.0. The monoisotopic (exact) mass is 519 g/mol. The minimum Gasteiger partial charge on any atom is -0.343 e. The second-order valence-corrected chi connectivity index (χ2v) is 9.98. The maximum absolute atomic E-state index is 12.0. The summed E-state index contributed by atoms with van der Waals surface area (Å²) in [6.45, 7) is 4.15. The molecule has 1 saturated heterocycles. The number of halogens is 1. The summed E-state index contributed by atoms with van der Waals surface area (Å²) in [6, 6.07) is 13.6. The van der Waals surface area contributed by atoms with Gasteiger partial charge in [0.1, 0.15) is 4.21 Å². The van der Waals surface area contributed by atoms with Crippen molar-refractivity contribution in [2.45, 2.75) is 36.9 Å². The first-order chi connectivity index (χ1) is 12.6. The van der Waals surface area contributed by atoms with Crippen LogP contribution in [0.1, 0.15) is 31.1 Å². The number of guanidine groups is 1. The van der Waals surface area contributed by atoms with Gasteiger partial charge >= 0.3 is 0 Å². The standard InChI is InChI=1S/C19H25N3O2S2.HI/c1-2-26(23,24)18-12-11-17(25-18)15-20-19(22-13-7-4-8-14-22)21-16-9-5-3-6-10-16;/h3,5-6,9-12H,2,4,7-8,13-15H2,1H3,(H,20,21);1H. The van der Waals surface area contributed by atoms with Crippen LogP contribution in [0.3, 0.4) is 0 Å². The van der Waals surface area contributed by atoms with Gasteiger partial charge in [-0.1, -0.05) is 25.1 Å². The largest absolute Gasteiger partial charge is 0.343 e. The van der Waals surface area contributed by atoms with Crippen molar-refractivity contribution in [2.24, 2.45) is 4.99 Å². The zero-order valence-electron chi connectivity index (χ0n) is 15.4. The molecule has 1 aromatic carbocycles. The quantitative estimate of drug-likeness (QED) is 0.356. The van der Waals surface area contributed by atoms with E-state index in [1.165, 1.54) is 30.6 Å². The SMILES string of the molecule is CCS(=O)(=O)c1ccc(CN=C(Nc2ccccc2)N2CCCCC2)s1.I. The summed E-state index contributed by atoms with van der Waals surface area (Å²) < 4.78 is 24.4. The molecule has 1 N–H and O–H groups in total. The summed E-state index contributed by atoms with van der Waals surface area (Å²) in [5, 5.41) is 3.43. The van der Waals surface area contributed by atoms with Crippen molar-refractivity contribution in [1.29, 1.82) is 0 Å². The number of piperidine rings is 1. The van der Waals surface area contributed by atoms with E-state index in [-0.39, 0.29) is 29.7 Å². The van der Waals surface area contributed by atoms with Gasteiger partial charge in [-0.3, -0.25) is 0 Å². The number of anilines is 1. The number of aliphatic imine (C=N–C) groups is 1. The van der Waals surface area contributed by atoms with Crippen molar-refractivity contribution in [2.75, 3.05) is 24.2 Å². The van der Waals surface area contributed by atoms with Crippen molar-refractivity contribution in [3.63, 3.8) is 0 Å². The lowest BCUT2D eigenvalue weighted by Crippen LogP contribution is -2.40. The van der Waals surface area contributed by atoms with Gasteiger partial charge in [0.15, 0.2) is 15.8 Å². The van der Waals surface area contributed by atoms with Crippen molar-refractivity contribution in [3.05, 3.63) is 47.3 Å². The van der Waals surface area contributed by atoms with E-state index in [1.54, 1.807) is 13.0 Å². The number of nitrogens with one attached hydrogen (secondary N) is 1. The Morgan fingerprint density at radius 3 is 2.48 bits per heavy atom. The molecule has 0 spiro atoms. The van der Waals surface area contributed by atoms with Gasteiger partial charge < -0.3 is 10.2 Å². The smallest absolute Gasteiger partial charge is 0.198 e. The lowest BCUT2D eigenvalue weighted by Gasteiger charge is -2.30. The molecule has 0 amide bonds. The molecule has 5 nitrogen and oxygen atoms in total. The van der Waals surface area contributed by atoms with Crippen LogP contribution in [0.25, 0.3) is 0 Å². The molecule has 0 unspecified atom stereocenters. The second-order valence-electron chi connectivity index (χ2n) is 6.30. The van der Waals surface area contributed by atoms with Crippen LogP contribution in [0.5, 0.6) is 0 Å². The summed E-state index contributed by atoms with van der Waals surface area (Å²) in [6.07, 6.45) is 3.61. The molecule has 1 aliphatic heterocycles. The zero-order valence-corrected chi connectivity index (χ0v) is 19.4. The van der Waals surface area contributed by atoms with Crippen LogP contribution in [-0.4, -0.2) is 38.1 Å². The van der Waals surface area contributed by atoms with Crippen molar-refractivity contribution < 1.29 is 8.42 Å². The fourth-order valence-electron chi connectivity index (χ4n) is 2.88. The first-order valence-corrected chi connectivity index (χ1v) is 11.5. The average Bonchev–Trinajstić information content (AvgIpc) is 3.16. The molecule has 2 aromatic rings. The summed E-state index contributed by atoms with van der Waals surface area (Å²) in [5.41, 5.74) is 1.01. The third-order valence-corrected chi connectivity index (χ3v) is 7.78. The van der Waals surface area contributed by atoms with Crippen LogP contribution in [0.4, 0.5) is 5.69 Å². The molecule has 27 heavy (non-hydrogen) atoms. The molecule has 3 rings (SSSR count). The molecular weight excluding hydrogens is 493 g/mol. The first-order valence-electron chi connectivity index (χ1n) is 9.01. The van der Waals surface area contributed by atoms with Crippen molar-refractivity contribution in [3.8, 4) is 0 Å². The molecule has 1 aliphatic rings. The van der Waals surface area contributed by atoms with E-state index in [9.17, 15) is 8.42 Å². The summed E-state index contributed by atoms with van der Waals surface area (Å²) in [7, 11) is -3.14. The van der Waals surface area contributed by atoms with Gasteiger partial charge in [-0.05, 0) is 43.5 Å². The Morgan fingerprint density at radius 2 is 1.81 bits per heavy atom. The molecule has 148 valence electrons. The van der Waals surface area contributed by atoms with Crippen LogP contribution in [0.15, 0.2) is 51.7 Å². The van der Waals surface area contributed by atoms with E-state index >= 15 is 0 Å². The van der Waals surface area contributed by atoms with E-state index in [0.717, 1.165) is 29.6 Å². The predicted octanol–water partition coefficient (Wildman–Crippen LogP) is 4.61. The van der Waals surface area contributed by atoms with Gasteiger partial charge in [-0.15, -0.1) is 35.3 Å². The third-order valence-electron chi connectivity index (χ3n) is 4.39. The Kier molecular flexibility index (Phi) is 8.56. The number of hydrogen-bond donors (Lipinski definition) is 1. The molecule has 8 heteroatoms. The molecule has 0 saturated carbocycles. The van der Waals surface area contributed by atoms with Crippen molar-refractivity contribution in [1.82, 2.24) is 4.90 Å². The highest BCUT2D eigenvalue weighted by Crippen LogP contribution is 2.23. The molecule has 1 aromatic heterocycles. The Morgan fingerprint density at radius 1 is 1.11 bits per heavy atom. The number of thiophene rings is 1. The van der Waals surface area contributed by atoms with Crippen LogP contribution in [0, 0.1) is 0 Å². The number of nitrogens with zero attached hydrogens (tertiary/aromatic N) is 2. The fourth-order valence-corrected chi connectivity index (χ4v) is 5.28.